The van der Waals surface area contributed by atoms with Gasteiger partial charge in [0.15, 0.2) is 0 Å². The van der Waals surface area contributed by atoms with E-state index in [1.54, 1.807) is 0 Å². The van der Waals surface area contributed by atoms with Gasteiger partial charge in [0.2, 0.25) is 0 Å². The van der Waals surface area contributed by atoms with Crippen LogP contribution in [0.1, 0.15) is 17.7 Å². The maximum absolute atomic E-state index is 11.7. The molecule has 4 nitrogen and oxygen atoms in total. The molecule has 1 aromatic heterocycles. The van der Waals surface area contributed by atoms with Crippen molar-refractivity contribution >= 4 is 16.9 Å². The first kappa shape index (κ1) is 12.0. The minimum absolute atomic E-state index is 0.0419. The number of carbonyl (C=O) groups excluding carboxylic acids is 1. The fraction of sp³-hybridized carbons (Fsp3) is 0.438. The van der Waals surface area contributed by atoms with E-state index < -0.39 is 0 Å². The number of fused-ring (bicyclic) bond motifs is 4. The van der Waals surface area contributed by atoms with Gasteiger partial charge in [0.25, 0.3) is 0 Å². The summed E-state index contributed by atoms with van der Waals surface area (Å²) >= 11 is 0. The van der Waals surface area contributed by atoms with Crippen LogP contribution in [0.2, 0.25) is 0 Å². The van der Waals surface area contributed by atoms with Crippen LogP contribution in [0.5, 0.6) is 0 Å². The van der Waals surface area contributed by atoms with Gasteiger partial charge in [0.05, 0.1) is 13.0 Å². The lowest BCUT2D eigenvalue weighted by molar-refractivity contribution is -0.144. The quantitative estimate of drug-likeness (QED) is 0.807. The van der Waals surface area contributed by atoms with Crippen molar-refractivity contribution in [2.45, 2.75) is 25.4 Å². The third-order valence-corrected chi connectivity index (χ3v) is 4.77. The highest BCUT2D eigenvalue weighted by molar-refractivity contribution is 5.85. The van der Waals surface area contributed by atoms with E-state index in [0.717, 1.165) is 25.9 Å². The summed E-state index contributed by atoms with van der Waals surface area (Å²) in [6, 6.07) is 8.96. The number of esters is 1. The second-order valence-electron chi connectivity index (χ2n) is 5.87. The third-order valence-electron chi connectivity index (χ3n) is 4.77. The predicted octanol–water partition coefficient (Wildman–Crippen LogP) is 2.09. The van der Waals surface area contributed by atoms with Crippen molar-refractivity contribution in [1.29, 1.82) is 0 Å². The van der Waals surface area contributed by atoms with E-state index >= 15 is 0 Å². The molecule has 2 aromatic rings. The molecule has 1 fully saturated rings. The smallest absolute Gasteiger partial charge is 0.310 e. The molecule has 0 unspecified atom stereocenters. The van der Waals surface area contributed by atoms with Gasteiger partial charge >= 0.3 is 5.97 Å². The Morgan fingerprint density at radius 3 is 3.10 bits per heavy atom. The third kappa shape index (κ3) is 1.68. The number of ether oxygens (including phenoxy) is 1. The number of hydrogen-bond acceptors (Lipinski definition) is 3. The summed E-state index contributed by atoms with van der Waals surface area (Å²) in [5.74, 6) is -0.0202. The molecule has 104 valence electrons. The molecule has 4 rings (SSSR count). The van der Waals surface area contributed by atoms with Gasteiger partial charge in [-0.05, 0) is 24.5 Å². The molecule has 0 bridgehead atoms. The Bertz CT molecular complexity index is 676. The minimum atomic E-state index is -0.0621. The fourth-order valence-electron chi connectivity index (χ4n) is 3.79. The molecule has 2 aliphatic heterocycles. The maximum Gasteiger partial charge on any atom is 0.310 e. The molecule has 2 aliphatic rings. The zero-order valence-corrected chi connectivity index (χ0v) is 11.6. The predicted molar refractivity (Wildman–Crippen MR) is 76.3 cm³/mol. The average Bonchev–Trinajstić information content (AvgIpc) is 3.04. The summed E-state index contributed by atoms with van der Waals surface area (Å²) in [6.45, 7) is 1.74. The van der Waals surface area contributed by atoms with Crippen LogP contribution in [-0.2, 0) is 22.5 Å². The number of hydrogen-bond donors (Lipinski definition) is 1. The first-order chi connectivity index (χ1) is 9.76. The average molecular weight is 270 g/mol. The zero-order chi connectivity index (χ0) is 13.7. The number of methoxy groups -OCH3 is 1. The first-order valence-corrected chi connectivity index (χ1v) is 7.16. The Balaban J connectivity index is 1.66. The Morgan fingerprint density at radius 1 is 1.40 bits per heavy atom. The van der Waals surface area contributed by atoms with Gasteiger partial charge in [0.1, 0.15) is 0 Å². The Kier molecular flexibility index (Phi) is 2.60. The van der Waals surface area contributed by atoms with Crippen LogP contribution in [0, 0.1) is 5.92 Å². The lowest BCUT2D eigenvalue weighted by Crippen LogP contribution is -2.35. The first-order valence-electron chi connectivity index (χ1n) is 7.16. The molecule has 1 N–H and O–H groups in total. The lowest BCUT2D eigenvalue weighted by atomic mass is 9.95. The molecule has 1 saturated heterocycles. The van der Waals surface area contributed by atoms with Crippen LogP contribution in [0.4, 0.5) is 0 Å². The number of para-hydroxylation sites is 1. The Labute approximate surface area is 117 Å². The van der Waals surface area contributed by atoms with Gasteiger partial charge in [-0.15, -0.1) is 0 Å². The summed E-state index contributed by atoms with van der Waals surface area (Å²) in [5.41, 5.74) is 3.98. The van der Waals surface area contributed by atoms with Gasteiger partial charge in [-0.25, -0.2) is 0 Å². The van der Waals surface area contributed by atoms with Gasteiger partial charge in [-0.3, -0.25) is 9.69 Å². The minimum Gasteiger partial charge on any atom is -0.469 e. The van der Waals surface area contributed by atoms with Crippen LogP contribution >= 0.6 is 0 Å². The van der Waals surface area contributed by atoms with Crippen LogP contribution in [0.25, 0.3) is 10.9 Å². The van der Waals surface area contributed by atoms with E-state index in [1.165, 1.54) is 29.3 Å². The van der Waals surface area contributed by atoms with E-state index in [9.17, 15) is 4.79 Å². The monoisotopic (exact) mass is 270 g/mol. The molecular weight excluding hydrogens is 252 g/mol. The van der Waals surface area contributed by atoms with Crippen molar-refractivity contribution in [1.82, 2.24) is 9.88 Å². The molecule has 4 heteroatoms. The van der Waals surface area contributed by atoms with E-state index in [1.807, 2.05) is 0 Å². The van der Waals surface area contributed by atoms with Crippen molar-refractivity contribution in [3.05, 3.63) is 35.5 Å². The van der Waals surface area contributed by atoms with Crippen LogP contribution in [-0.4, -0.2) is 35.5 Å². The molecular formula is C16H18N2O2. The summed E-state index contributed by atoms with van der Waals surface area (Å²) in [6.07, 6.45) is 1.96. The van der Waals surface area contributed by atoms with Crippen LogP contribution in [0.15, 0.2) is 24.3 Å². The highest BCUT2D eigenvalue weighted by Crippen LogP contribution is 2.36. The number of nitrogens with one attached hydrogen (secondary N) is 1. The van der Waals surface area contributed by atoms with Crippen molar-refractivity contribution in [2.24, 2.45) is 5.92 Å². The fourth-order valence-corrected chi connectivity index (χ4v) is 3.79. The largest absolute Gasteiger partial charge is 0.469 e. The van der Waals surface area contributed by atoms with Crippen molar-refractivity contribution in [3.63, 3.8) is 0 Å². The zero-order valence-electron chi connectivity index (χ0n) is 11.6. The summed E-state index contributed by atoms with van der Waals surface area (Å²) in [5, 5.41) is 1.34. The van der Waals surface area contributed by atoms with Gasteiger partial charge < -0.3 is 9.72 Å². The molecule has 20 heavy (non-hydrogen) atoms. The van der Waals surface area contributed by atoms with E-state index in [-0.39, 0.29) is 11.9 Å². The number of nitrogens with zero attached hydrogens (tertiary/aromatic N) is 1. The number of aromatic amines is 1. The molecule has 0 radical (unpaired) electrons. The lowest BCUT2D eigenvalue weighted by Gasteiger charge is -2.29. The van der Waals surface area contributed by atoms with E-state index in [2.05, 4.69) is 34.1 Å². The van der Waals surface area contributed by atoms with E-state index in [0.29, 0.717) is 6.04 Å². The van der Waals surface area contributed by atoms with Crippen molar-refractivity contribution in [2.75, 3.05) is 13.7 Å². The highest BCUT2D eigenvalue weighted by Gasteiger charge is 2.40. The van der Waals surface area contributed by atoms with Crippen molar-refractivity contribution < 1.29 is 9.53 Å². The molecule has 0 amide bonds. The molecule has 3 heterocycles. The Morgan fingerprint density at radius 2 is 2.25 bits per heavy atom. The SMILES string of the molecule is COC(=O)[C@H]1C[C@H]2Cc3c([nH]c4ccccc34)CN2C1. The van der Waals surface area contributed by atoms with Crippen molar-refractivity contribution in [3.8, 4) is 0 Å². The Hall–Kier alpha value is -1.81. The van der Waals surface area contributed by atoms with Gasteiger partial charge in [-0.2, -0.15) is 0 Å². The van der Waals surface area contributed by atoms with Crippen LogP contribution in [0.3, 0.4) is 0 Å². The van der Waals surface area contributed by atoms with Gasteiger partial charge in [0, 0.05) is 35.7 Å². The maximum atomic E-state index is 11.7. The number of carbonyl (C=O) groups is 1. The molecule has 2 atom stereocenters. The number of H-pyrrole nitrogens is 1. The van der Waals surface area contributed by atoms with Gasteiger partial charge in [-0.1, -0.05) is 18.2 Å². The second kappa shape index (κ2) is 4.35. The number of benzene rings is 1. The number of aromatic nitrogens is 1. The topological polar surface area (TPSA) is 45.3 Å². The van der Waals surface area contributed by atoms with Crippen LogP contribution < -0.4 is 0 Å². The van der Waals surface area contributed by atoms with E-state index in [4.69, 9.17) is 4.74 Å². The molecule has 1 aromatic carbocycles. The molecule has 0 aliphatic carbocycles. The second-order valence-corrected chi connectivity index (χ2v) is 5.87. The molecule has 0 saturated carbocycles. The summed E-state index contributed by atoms with van der Waals surface area (Å²) in [7, 11) is 1.48. The summed E-state index contributed by atoms with van der Waals surface area (Å²) < 4.78 is 4.90. The molecule has 0 spiro atoms. The summed E-state index contributed by atoms with van der Waals surface area (Å²) in [4.78, 5) is 17.7. The number of rotatable bonds is 1. The normalized spacial score (nSPS) is 25.4. The standard InChI is InChI=1S/C16H18N2O2/c1-20-16(19)10-6-11-7-13-12-4-2-3-5-14(12)17-15(13)9-18(11)8-10/h2-5,10-11,17H,6-9H2,1H3/t10-,11-/m0/s1. The highest BCUT2D eigenvalue weighted by atomic mass is 16.5.